The highest BCUT2D eigenvalue weighted by Crippen LogP contribution is 2.21. The third-order valence-electron chi connectivity index (χ3n) is 3.24. The number of aryl methyl sites for hydroxylation is 1. The van der Waals surface area contributed by atoms with Crippen LogP contribution in [0.1, 0.15) is 6.92 Å². The molecule has 2 aromatic heterocycles. The van der Waals surface area contributed by atoms with Gasteiger partial charge in [0.1, 0.15) is 12.7 Å². The fraction of sp³-hybridized carbons (Fsp3) is 0.538. The molecule has 1 aliphatic rings. The lowest BCUT2D eigenvalue weighted by Gasteiger charge is -2.28. The first-order valence-corrected chi connectivity index (χ1v) is 6.49. The summed E-state index contributed by atoms with van der Waals surface area (Å²) in [4.78, 5) is 8.57. The average molecular weight is 262 g/mol. The minimum absolute atomic E-state index is 0.0597. The molecule has 1 aliphatic heterocycles. The second-order valence-electron chi connectivity index (χ2n) is 4.88. The van der Waals surface area contributed by atoms with E-state index in [1.807, 2.05) is 17.7 Å². The van der Waals surface area contributed by atoms with E-state index in [1.165, 1.54) is 0 Å². The van der Waals surface area contributed by atoms with Gasteiger partial charge >= 0.3 is 0 Å². The molecule has 3 rings (SSSR count). The van der Waals surface area contributed by atoms with Crippen molar-refractivity contribution in [2.75, 3.05) is 19.7 Å². The quantitative estimate of drug-likeness (QED) is 0.883. The molecule has 0 bridgehead atoms. The van der Waals surface area contributed by atoms with Gasteiger partial charge in [-0.3, -0.25) is 0 Å². The highest BCUT2D eigenvalue weighted by atomic mass is 16.5. The van der Waals surface area contributed by atoms with Crippen molar-refractivity contribution >= 4 is 11.0 Å². The van der Waals surface area contributed by atoms with E-state index in [-0.39, 0.29) is 12.2 Å². The molecule has 2 aromatic rings. The normalized spacial score (nSPS) is 23.7. The van der Waals surface area contributed by atoms with Gasteiger partial charge in [-0.25, -0.2) is 9.97 Å². The molecular weight excluding hydrogens is 244 g/mol. The van der Waals surface area contributed by atoms with E-state index in [9.17, 15) is 0 Å². The lowest BCUT2D eigenvalue weighted by molar-refractivity contribution is -0.0474. The molecule has 6 heteroatoms. The van der Waals surface area contributed by atoms with E-state index in [2.05, 4.69) is 22.2 Å². The number of fused-ring (bicyclic) bond motifs is 1. The van der Waals surface area contributed by atoms with Crippen LogP contribution < -0.4 is 10.1 Å². The maximum absolute atomic E-state index is 5.78. The van der Waals surface area contributed by atoms with Gasteiger partial charge in [-0.1, -0.05) is 0 Å². The molecule has 0 aliphatic carbocycles. The summed E-state index contributed by atoms with van der Waals surface area (Å²) in [6, 6.07) is 1.93. The molecular formula is C13H18N4O2. The summed E-state index contributed by atoms with van der Waals surface area (Å²) >= 11 is 0. The number of morpholine rings is 1. The number of ether oxygens (including phenoxy) is 2. The van der Waals surface area contributed by atoms with Crippen LogP contribution in [0.15, 0.2) is 18.6 Å². The van der Waals surface area contributed by atoms with Crippen molar-refractivity contribution in [1.82, 2.24) is 19.9 Å². The fourth-order valence-electron chi connectivity index (χ4n) is 2.29. The molecule has 6 nitrogen and oxygen atoms in total. The molecule has 2 unspecified atom stereocenters. The van der Waals surface area contributed by atoms with Crippen molar-refractivity contribution in [3.05, 3.63) is 18.6 Å². The van der Waals surface area contributed by atoms with Crippen molar-refractivity contribution in [3.8, 4) is 5.88 Å². The highest BCUT2D eigenvalue weighted by molar-refractivity contribution is 5.79. The van der Waals surface area contributed by atoms with Gasteiger partial charge in [-0.05, 0) is 13.0 Å². The lowest BCUT2D eigenvalue weighted by Crippen LogP contribution is -2.45. The topological polar surface area (TPSA) is 61.2 Å². The lowest BCUT2D eigenvalue weighted by atomic mass is 10.2. The van der Waals surface area contributed by atoms with E-state index in [0.717, 1.165) is 24.1 Å². The van der Waals surface area contributed by atoms with E-state index in [1.54, 1.807) is 12.5 Å². The van der Waals surface area contributed by atoms with Crippen molar-refractivity contribution < 1.29 is 9.47 Å². The fourth-order valence-corrected chi connectivity index (χ4v) is 2.29. The van der Waals surface area contributed by atoms with Crippen LogP contribution in [0.4, 0.5) is 0 Å². The van der Waals surface area contributed by atoms with E-state index in [4.69, 9.17) is 9.47 Å². The molecule has 0 amide bonds. The van der Waals surface area contributed by atoms with Crippen LogP contribution >= 0.6 is 0 Å². The van der Waals surface area contributed by atoms with Crippen LogP contribution in [0.3, 0.4) is 0 Å². The Bertz CT molecular complexity index is 569. The zero-order valence-corrected chi connectivity index (χ0v) is 11.2. The Labute approximate surface area is 111 Å². The van der Waals surface area contributed by atoms with Crippen LogP contribution in [0, 0.1) is 0 Å². The van der Waals surface area contributed by atoms with Gasteiger partial charge in [0, 0.05) is 26.3 Å². The molecule has 102 valence electrons. The summed E-state index contributed by atoms with van der Waals surface area (Å²) in [5.74, 6) is 0.569. The molecule has 1 fully saturated rings. The molecule has 0 radical (unpaired) electrons. The smallest absolute Gasteiger partial charge is 0.242 e. The SMILES string of the molecule is CC1CNCC(COc2nccc3c2ncn3C)O1. The molecule has 1 saturated heterocycles. The number of hydrogen-bond donors (Lipinski definition) is 1. The van der Waals surface area contributed by atoms with Crippen LogP contribution in [0.5, 0.6) is 5.88 Å². The molecule has 19 heavy (non-hydrogen) atoms. The van der Waals surface area contributed by atoms with Gasteiger partial charge in [0.2, 0.25) is 5.88 Å². The number of imidazole rings is 1. The molecule has 0 saturated carbocycles. The van der Waals surface area contributed by atoms with Crippen LogP contribution in [-0.2, 0) is 11.8 Å². The first-order chi connectivity index (χ1) is 9.24. The third kappa shape index (κ3) is 2.54. The standard InChI is InChI=1S/C13H18N4O2/c1-9-5-14-6-10(19-9)7-18-13-12-11(3-4-15-13)17(2)8-16-12/h3-4,8-10,14H,5-7H2,1-2H3. The average Bonchev–Trinajstić information content (AvgIpc) is 2.79. The van der Waals surface area contributed by atoms with Gasteiger partial charge in [0.05, 0.1) is 17.9 Å². The summed E-state index contributed by atoms with van der Waals surface area (Å²) < 4.78 is 13.5. The van der Waals surface area contributed by atoms with E-state index < -0.39 is 0 Å². The molecule has 0 spiro atoms. The largest absolute Gasteiger partial charge is 0.473 e. The third-order valence-corrected chi connectivity index (χ3v) is 3.24. The number of hydrogen-bond acceptors (Lipinski definition) is 5. The Hall–Kier alpha value is -1.66. The van der Waals surface area contributed by atoms with Crippen LogP contribution in [-0.4, -0.2) is 46.4 Å². The zero-order chi connectivity index (χ0) is 13.2. The number of pyridine rings is 1. The second kappa shape index (κ2) is 5.14. The Morgan fingerprint density at radius 1 is 1.47 bits per heavy atom. The molecule has 1 N–H and O–H groups in total. The summed E-state index contributed by atoms with van der Waals surface area (Å²) in [5.41, 5.74) is 1.81. The van der Waals surface area contributed by atoms with Crippen LogP contribution in [0.25, 0.3) is 11.0 Å². The Kier molecular flexibility index (Phi) is 3.35. The first kappa shape index (κ1) is 12.4. The number of nitrogens with zero attached hydrogens (tertiary/aromatic N) is 3. The maximum atomic E-state index is 5.78. The summed E-state index contributed by atoms with van der Waals surface area (Å²) in [6.45, 7) is 4.24. The second-order valence-corrected chi connectivity index (χ2v) is 4.88. The van der Waals surface area contributed by atoms with E-state index in [0.29, 0.717) is 12.5 Å². The van der Waals surface area contributed by atoms with E-state index >= 15 is 0 Å². The summed E-state index contributed by atoms with van der Waals surface area (Å²) in [6.07, 6.45) is 3.78. The minimum atomic E-state index is 0.0597. The van der Waals surface area contributed by atoms with Gasteiger partial charge in [-0.15, -0.1) is 0 Å². The van der Waals surface area contributed by atoms with Crippen molar-refractivity contribution in [2.24, 2.45) is 7.05 Å². The Morgan fingerprint density at radius 2 is 2.37 bits per heavy atom. The number of rotatable bonds is 3. The van der Waals surface area contributed by atoms with Crippen LogP contribution in [0.2, 0.25) is 0 Å². The maximum Gasteiger partial charge on any atom is 0.242 e. The zero-order valence-electron chi connectivity index (χ0n) is 11.2. The summed E-state index contributed by atoms with van der Waals surface area (Å²) in [5, 5.41) is 3.32. The van der Waals surface area contributed by atoms with Gasteiger partial charge in [-0.2, -0.15) is 0 Å². The highest BCUT2D eigenvalue weighted by Gasteiger charge is 2.20. The van der Waals surface area contributed by atoms with Gasteiger partial charge in [0.25, 0.3) is 0 Å². The number of nitrogens with one attached hydrogen (secondary N) is 1. The predicted molar refractivity (Wildman–Crippen MR) is 71.2 cm³/mol. The molecule has 2 atom stereocenters. The summed E-state index contributed by atoms with van der Waals surface area (Å²) in [7, 11) is 1.95. The van der Waals surface area contributed by atoms with Crippen molar-refractivity contribution in [3.63, 3.8) is 0 Å². The Balaban J connectivity index is 1.71. The number of aromatic nitrogens is 3. The van der Waals surface area contributed by atoms with Gasteiger partial charge in [0.15, 0.2) is 5.52 Å². The van der Waals surface area contributed by atoms with Gasteiger partial charge < -0.3 is 19.4 Å². The molecule has 3 heterocycles. The van der Waals surface area contributed by atoms with Crippen molar-refractivity contribution in [1.29, 1.82) is 0 Å². The Morgan fingerprint density at radius 3 is 3.21 bits per heavy atom. The molecule has 0 aromatic carbocycles. The predicted octanol–water partition coefficient (Wildman–Crippen LogP) is 0.724. The minimum Gasteiger partial charge on any atom is -0.473 e. The first-order valence-electron chi connectivity index (χ1n) is 6.49. The monoisotopic (exact) mass is 262 g/mol. The van der Waals surface area contributed by atoms with Crippen molar-refractivity contribution in [2.45, 2.75) is 19.1 Å².